The van der Waals surface area contributed by atoms with Crippen molar-refractivity contribution in [3.8, 4) is 0 Å². The summed E-state index contributed by atoms with van der Waals surface area (Å²) < 4.78 is 5.37. The molecule has 0 atom stereocenters. The van der Waals surface area contributed by atoms with Gasteiger partial charge in [-0.2, -0.15) is 5.10 Å². The van der Waals surface area contributed by atoms with Gasteiger partial charge in [-0.25, -0.2) is 4.79 Å². The summed E-state index contributed by atoms with van der Waals surface area (Å²) in [7, 11) is 0. The number of hydrazone groups is 1. The van der Waals surface area contributed by atoms with Crippen LogP contribution in [0.4, 0.5) is 5.69 Å². The molecule has 0 amide bonds. The number of morpholine rings is 1. The van der Waals surface area contributed by atoms with Gasteiger partial charge >= 0.3 is 5.97 Å². The van der Waals surface area contributed by atoms with E-state index in [2.05, 4.69) is 10.5 Å². The van der Waals surface area contributed by atoms with Crippen molar-refractivity contribution in [3.05, 3.63) is 71.4 Å². The third-order valence-electron chi connectivity index (χ3n) is 4.04. The van der Waals surface area contributed by atoms with Gasteiger partial charge in [-0.05, 0) is 29.8 Å². The van der Waals surface area contributed by atoms with Crippen LogP contribution in [0.5, 0.6) is 0 Å². The maximum Gasteiger partial charge on any atom is 0.357 e. The first-order valence-electron chi connectivity index (χ1n) is 8.55. The molecule has 2 aromatic rings. The van der Waals surface area contributed by atoms with Gasteiger partial charge in [-0.3, -0.25) is 5.43 Å². The lowest BCUT2D eigenvalue weighted by atomic mass is 10.0. The highest BCUT2D eigenvalue weighted by Crippen LogP contribution is 2.19. The van der Waals surface area contributed by atoms with Gasteiger partial charge in [0, 0.05) is 29.9 Å². The Bertz CT molecular complexity index is 829. The van der Waals surface area contributed by atoms with Crippen molar-refractivity contribution in [2.24, 2.45) is 5.10 Å². The van der Waals surface area contributed by atoms with Gasteiger partial charge in [0.05, 0.1) is 18.9 Å². The fraction of sp³-hybridized carbons (Fsp3) is 0.200. The molecule has 0 aliphatic carbocycles. The fourth-order valence-corrected chi connectivity index (χ4v) is 2.77. The zero-order chi connectivity index (χ0) is 19.1. The Morgan fingerprint density at radius 2 is 1.78 bits per heavy atom. The highest BCUT2D eigenvalue weighted by atomic mass is 35.5. The number of benzene rings is 2. The number of nitrogens with one attached hydrogen (secondary N) is 1. The second-order valence-electron chi connectivity index (χ2n) is 5.94. The summed E-state index contributed by atoms with van der Waals surface area (Å²) in [6, 6.07) is 16.3. The van der Waals surface area contributed by atoms with Crippen LogP contribution in [-0.2, 0) is 9.53 Å². The lowest BCUT2D eigenvalue weighted by molar-refractivity contribution is -0.129. The Hall–Kier alpha value is -2.83. The van der Waals surface area contributed by atoms with E-state index in [9.17, 15) is 9.90 Å². The second-order valence-corrected chi connectivity index (χ2v) is 6.38. The standard InChI is InChI=1S/C20H20ClN3O3/c21-16-6-8-17(9-7-16)22-23-19(20(25)26)18(15-4-2-1-3-5-15)14-24-10-12-27-13-11-24/h1-9,14,22H,10-13H2,(H,25,26)/b18-14+,23-19-. The van der Waals surface area contributed by atoms with Gasteiger partial charge in [-0.15, -0.1) is 0 Å². The molecule has 2 aromatic carbocycles. The Morgan fingerprint density at radius 3 is 2.41 bits per heavy atom. The molecule has 27 heavy (non-hydrogen) atoms. The van der Waals surface area contributed by atoms with Gasteiger partial charge in [-0.1, -0.05) is 41.9 Å². The normalized spacial score (nSPS) is 15.5. The molecule has 2 N–H and O–H groups in total. The molecule has 0 unspecified atom stereocenters. The van der Waals surface area contributed by atoms with Crippen LogP contribution in [0.1, 0.15) is 5.56 Å². The van der Waals surface area contributed by atoms with Crippen molar-refractivity contribution in [2.45, 2.75) is 0 Å². The van der Waals surface area contributed by atoms with E-state index in [-0.39, 0.29) is 5.71 Å². The number of carboxylic acids is 1. The maximum absolute atomic E-state index is 12.0. The van der Waals surface area contributed by atoms with E-state index in [1.165, 1.54) is 0 Å². The average Bonchev–Trinajstić information content (AvgIpc) is 2.70. The van der Waals surface area contributed by atoms with Gasteiger partial charge < -0.3 is 14.7 Å². The molecule has 0 bridgehead atoms. The van der Waals surface area contributed by atoms with Crippen LogP contribution in [0.15, 0.2) is 65.9 Å². The Kier molecular flexibility index (Phi) is 6.46. The predicted octanol–water partition coefficient (Wildman–Crippen LogP) is 3.57. The topological polar surface area (TPSA) is 74.2 Å². The Morgan fingerprint density at radius 1 is 1.11 bits per heavy atom. The molecular weight excluding hydrogens is 366 g/mol. The maximum atomic E-state index is 12.0. The summed E-state index contributed by atoms with van der Waals surface area (Å²) in [5.41, 5.74) is 4.70. The number of carboxylic acid groups (broad SMARTS) is 1. The molecule has 0 saturated carbocycles. The molecule has 1 heterocycles. The number of nitrogens with zero attached hydrogens (tertiary/aromatic N) is 2. The van der Waals surface area contributed by atoms with E-state index in [1.54, 1.807) is 24.3 Å². The van der Waals surface area contributed by atoms with Gasteiger partial charge in [0.2, 0.25) is 0 Å². The van der Waals surface area contributed by atoms with Crippen molar-refractivity contribution >= 4 is 34.5 Å². The molecule has 140 valence electrons. The third kappa shape index (κ3) is 5.32. The SMILES string of the molecule is O=C(O)C(=N\Nc1ccc(Cl)cc1)/C(=C/N1CCOCC1)c1ccccc1. The molecule has 1 aliphatic rings. The second kappa shape index (κ2) is 9.21. The largest absolute Gasteiger partial charge is 0.476 e. The minimum Gasteiger partial charge on any atom is -0.476 e. The lowest BCUT2D eigenvalue weighted by Gasteiger charge is -2.26. The summed E-state index contributed by atoms with van der Waals surface area (Å²) >= 11 is 5.88. The van der Waals surface area contributed by atoms with Crippen molar-refractivity contribution in [1.82, 2.24) is 4.90 Å². The molecule has 1 aliphatic heterocycles. The lowest BCUT2D eigenvalue weighted by Crippen LogP contribution is -2.33. The van der Waals surface area contributed by atoms with Gasteiger partial charge in [0.25, 0.3) is 0 Å². The Labute approximate surface area is 162 Å². The molecule has 6 nitrogen and oxygen atoms in total. The van der Waals surface area contributed by atoms with Crippen LogP contribution < -0.4 is 5.43 Å². The Balaban J connectivity index is 1.95. The minimum absolute atomic E-state index is 0.0670. The highest BCUT2D eigenvalue weighted by molar-refractivity contribution is 6.53. The van der Waals surface area contributed by atoms with Gasteiger partial charge in [0.1, 0.15) is 0 Å². The first kappa shape index (κ1) is 18.9. The van der Waals surface area contributed by atoms with Crippen molar-refractivity contribution in [3.63, 3.8) is 0 Å². The van der Waals surface area contributed by atoms with Crippen LogP contribution in [-0.4, -0.2) is 48.0 Å². The van der Waals surface area contributed by atoms with Crippen molar-refractivity contribution < 1.29 is 14.6 Å². The van der Waals surface area contributed by atoms with E-state index >= 15 is 0 Å². The third-order valence-corrected chi connectivity index (χ3v) is 4.29. The quantitative estimate of drug-likeness (QED) is 0.587. The number of anilines is 1. The number of rotatable bonds is 6. The van der Waals surface area contributed by atoms with E-state index in [0.29, 0.717) is 42.6 Å². The molecule has 0 radical (unpaired) electrons. The molecular formula is C20H20ClN3O3. The van der Waals surface area contributed by atoms with Crippen molar-refractivity contribution in [1.29, 1.82) is 0 Å². The molecule has 0 aromatic heterocycles. The van der Waals surface area contributed by atoms with Crippen LogP contribution in [0.2, 0.25) is 5.02 Å². The molecule has 1 fully saturated rings. The summed E-state index contributed by atoms with van der Waals surface area (Å²) in [6.07, 6.45) is 1.84. The summed E-state index contributed by atoms with van der Waals surface area (Å²) in [5, 5.41) is 14.5. The first-order chi connectivity index (χ1) is 13.1. The zero-order valence-corrected chi connectivity index (χ0v) is 15.4. The molecule has 1 saturated heterocycles. The molecule has 0 spiro atoms. The monoisotopic (exact) mass is 385 g/mol. The number of hydrogen-bond acceptors (Lipinski definition) is 5. The fourth-order valence-electron chi connectivity index (χ4n) is 2.65. The van der Waals surface area contributed by atoms with Crippen molar-refractivity contribution in [2.75, 3.05) is 31.7 Å². The minimum atomic E-state index is -1.11. The summed E-state index contributed by atoms with van der Waals surface area (Å²) in [4.78, 5) is 14.0. The highest BCUT2D eigenvalue weighted by Gasteiger charge is 2.20. The number of ether oxygens (including phenoxy) is 1. The predicted molar refractivity (Wildman–Crippen MR) is 107 cm³/mol. The van der Waals surface area contributed by atoms with E-state index in [0.717, 1.165) is 5.56 Å². The van der Waals surface area contributed by atoms with Crippen LogP contribution in [0.25, 0.3) is 5.57 Å². The van der Waals surface area contributed by atoms with E-state index in [1.807, 2.05) is 41.4 Å². The summed E-state index contributed by atoms with van der Waals surface area (Å²) in [5.74, 6) is -1.11. The van der Waals surface area contributed by atoms with E-state index in [4.69, 9.17) is 16.3 Å². The average molecular weight is 386 g/mol. The number of halogens is 1. The zero-order valence-electron chi connectivity index (χ0n) is 14.6. The van der Waals surface area contributed by atoms with E-state index < -0.39 is 5.97 Å². The number of carbonyl (C=O) groups is 1. The van der Waals surface area contributed by atoms with Crippen LogP contribution in [0, 0.1) is 0 Å². The number of hydrogen-bond donors (Lipinski definition) is 2. The molecule has 3 rings (SSSR count). The smallest absolute Gasteiger partial charge is 0.357 e. The molecule has 7 heteroatoms. The first-order valence-corrected chi connectivity index (χ1v) is 8.93. The summed E-state index contributed by atoms with van der Waals surface area (Å²) in [6.45, 7) is 2.63. The van der Waals surface area contributed by atoms with Crippen LogP contribution in [0.3, 0.4) is 0 Å². The number of aliphatic carboxylic acids is 1. The van der Waals surface area contributed by atoms with Gasteiger partial charge in [0.15, 0.2) is 5.71 Å². The van der Waals surface area contributed by atoms with Crippen LogP contribution >= 0.6 is 11.6 Å².